The molecule has 1 aromatic carbocycles. The lowest BCUT2D eigenvalue weighted by molar-refractivity contribution is -0.122. The predicted molar refractivity (Wildman–Crippen MR) is 84.4 cm³/mol. The summed E-state index contributed by atoms with van der Waals surface area (Å²) in [5, 5.41) is 9.67. The Balaban J connectivity index is 2.04. The van der Waals surface area contributed by atoms with Gasteiger partial charge in [-0.2, -0.15) is 5.10 Å². The summed E-state index contributed by atoms with van der Waals surface area (Å²) < 4.78 is 15.3. The summed E-state index contributed by atoms with van der Waals surface area (Å²) in [6.45, 7) is 3.95. The second-order valence-corrected chi connectivity index (χ2v) is 5.51. The van der Waals surface area contributed by atoms with Crippen LogP contribution in [0.5, 0.6) is 0 Å². The number of aromatic nitrogens is 3. The zero-order chi connectivity index (χ0) is 16.1. The molecule has 0 unspecified atom stereocenters. The monoisotopic (exact) mass is 322 g/mol. The highest BCUT2D eigenvalue weighted by Gasteiger charge is 2.13. The van der Waals surface area contributed by atoms with Crippen molar-refractivity contribution in [2.75, 3.05) is 0 Å². The minimum atomic E-state index is -0.319. The van der Waals surface area contributed by atoms with E-state index < -0.39 is 0 Å². The molecule has 0 spiro atoms. The van der Waals surface area contributed by atoms with Crippen molar-refractivity contribution in [1.29, 1.82) is 0 Å². The number of aryl methyl sites for hydroxylation is 1. The number of nitrogens with one attached hydrogen (secondary N) is 2. The van der Waals surface area contributed by atoms with Crippen molar-refractivity contribution >= 4 is 18.1 Å². The summed E-state index contributed by atoms with van der Waals surface area (Å²) in [6.07, 6.45) is 1.67. The third-order valence-electron chi connectivity index (χ3n) is 3.34. The average molecular weight is 322 g/mol. The number of carbonyl (C=O) groups excluding carboxylic acids is 1. The summed E-state index contributed by atoms with van der Waals surface area (Å²) in [4.78, 5) is 12.2. The van der Waals surface area contributed by atoms with Crippen LogP contribution in [0.2, 0.25) is 0 Å². The molecule has 7 heteroatoms. The van der Waals surface area contributed by atoms with Crippen LogP contribution in [0.3, 0.4) is 0 Å². The van der Waals surface area contributed by atoms with E-state index in [0.29, 0.717) is 4.77 Å². The van der Waals surface area contributed by atoms with E-state index in [1.165, 1.54) is 12.1 Å². The van der Waals surface area contributed by atoms with Crippen LogP contribution in [0.25, 0.3) is 0 Å². The molecule has 0 radical (unpaired) electrons. The molecule has 0 bridgehead atoms. The molecule has 0 aliphatic heterocycles. The molecule has 22 heavy (non-hydrogen) atoms. The zero-order valence-corrected chi connectivity index (χ0v) is 13.4. The third kappa shape index (κ3) is 4.00. The van der Waals surface area contributed by atoms with E-state index in [1.807, 2.05) is 13.8 Å². The molecule has 2 N–H and O–H groups in total. The van der Waals surface area contributed by atoms with Crippen molar-refractivity contribution in [3.8, 4) is 0 Å². The number of carbonyl (C=O) groups is 1. The molecule has 2 aromatic rings. The molecule has 0 aliphatic rings. The first-order chi connectivity index (χ1) is 10.5. The Morgan fingerprint density at radius 1 is 1.55 bits per heavy atom. The standard InChI is InChI=1S/C15H19FN4OS/c1-3-5-13-18-19-15(22)20(13)9-14(21)17-10(2)11-6-4-7-12(16)8-11/h4,6-8,10H,3,5,9H2,1-2H3,(H,17,21)(H,19,22)/t10-/m0/s1. The number of aromatic amines is 1. The first-order valence-corrected chi connectivity index (χ1v) is 7.61. The van der Waals surface area contributed by atoms with Gasteiger partial charge in [0, 0.05) is 6.42 Å². The summed E-state index contributed by atoms with van der Waals surface area (Å²) >= 11 is 5.14. The molecule has 0 aliphatic carbocycles. The van der Waals surface area contributed by atoms with E-state index >= 15 is 0 Å². The fourth-order valence-corrected chi connectivity index (χ4v) is 2.43. The van der Waals surface area contributed by atoms with Crippen LogP contribution in [-0.2, 0) is 17.8 Å². The van der Waals surface area contributed by atoms with Gasteiger partial charge < -0.3 is 5.32 Å². The predicted octanol–water partition coefficient (Wildman–Crippen LogP) is 2.91. The second kappa shape index (κ2) is 7.31. The maximum absolute atomic E-state index is 13.2. The van der Waals surface area contributed by atoms with E-state index in [2.05, 4.69) is 15.5 Å². The van der Waals surface area contributed by atoms with E-state index in [0.717, 1.165) is 24.2 Å². The van der Waals surface area contributed by atoms with Gasteiger partial charge in [0.1, 0.15) is 18.2 Å². The molecule has 2 rings (SSSR count). The minimum absolute atomic E-state index is 0.102. The number of hydrogen-bond acceptors (Lipinski definition) is 3. The zero-order valence-electron chi connectivity index (χ0n) is 12.6. The smallest absolute Gasteiger partial charge is 0.240 e. The lowest BCUT2D eigenvalue weighted by Gasteiger charge is -2.15. The number of hydrogen-bond donors (Lipinski definition) is 2. The molecule has 0 saturated carbocycles. The SMILES string of the molecule is CCCc1n[nH]c(=S)n1CC(=O)N[C@@H](C)c1cccc(F)c1. The van der Waals surface area contributed by atoms with Gasteiger partial charge in [0.05, 0.1) is 6.04 Å². The van der Waals surface area contributed by atoms with Crippen molar-refractivity contribution < 1.29 is 9.18 Å². The minimum Gasteiger partial charge on any atom is -0.348 e. The van der Waals surface area contributed by atoms with Crippen LogP contribution in [-0.4, -0.2) is 20.7 Å². The second-order valence-electron chi connectivity index (χ2n) is 5.13. The summed E-state index contributed by atoms with van der Waals surface area (Å²) in [7, 11) is 0. The molecule has 118 valence electrons. The molecule has 1 heterocycles. The van der Waals surface area contributed by atoms with Gasteiger partial charge in [0.15, 0.2) is 4.77 Å². The Labute approximate surface area is 133 Å². The lowest BCUT2D eigenvalue weighted by Crippen LogP contribution is -2.30. The maximum Gasteiger partial charge on any atom is 0.240 e. The first-order valence-electron chi connectivity index (χ1n) is 7.20. The Hall–Kier alpha value is -2.02. The molecular weight excluding hydrogens is 303 g/mol. The van der Waals surface area contributed by atoms with Gasteiger partial charge in [0.25, 0.3) is 0 Å². The highest BCUT2D eigenvalue weighted by atomic mass is 32.1. The third-order valence-corrected chi connectivity index (χ3v) is 3.65. The Bertz CT molecular complexity index is 710. The Morgan fingerprint density at radius 3 is 3.00 bits per heavy atom. The topological polar surface area (TPSA) is 62.7 Å². The molecular formula is C15H19FN4OS. The van der Waals surface area contributed by atoms with E-state index in [-0.39, 0.29) is 24.3 Å². The van der Waals surface area contributed by atoms with Crippen LogP contribution in [0.4, 0.5) is 4.39 Å². The summed E-state index contributed by atoms with van der Waals surface area (Å²) in [6, 6.07) is 5.91. The largest absolute Gasteiger partial charge is 0.348 e. The van der Waals surface area contributed by atoms with Gasteiger partial charge in [-0.15, -0.1) is 0 Å². The summed E-state index contributed by atoms with van der Waals surface area (Å²) in [5.41, 5.74) is 0.720. The van der Waals surface area contributed by atoms with Crippen molar-refractivity contribution in [2.45, 2.75) is 39.3 Å². The number of rotatable bonds is 6. The van der Waals surface area contributed by atoms with E-state index in [9.17, 15) is 9.18 Å². The molecule has 1 atom stereocenters. The van der Waals surface area contributed by atoms with Gasteiger partial charge in [0.2, 0.25) is 5.91 Å². The number of halogens is 1. The number of H-pyrrole nitrogens is 1. The van der Waals surface area contributed by atoms with E-state index in [4.69, 9.17) is 12.2 Å². The molecule has 0 fully saturated rings. The van der Waals surface area contributed by atoms with Crippen LogP contribution in [0, 0.1) is 10.6 Å². The average Bonchev–Trinajstić information content (AvgIpc) is 2.80. The van der Waals surface area contributed by atoms with Gasteiger partial charge in [-0.25, -0.2) is 4.39 Å². The Kier molecular flexibility index (Phi) is 5.43. The van der Waals surface area contributed by atoms with Crippen molar-refractivity contribution in [3.63, 3.8) is 0 Å². The van der Waals surface area contributed by atoms with Crippen molar-refractivity contribution in [2.24, 2.45) is 0 Å². The number of amides is 1. The van der Waals surface area contributed by atoms with Crippen molar-refractivity contribution in [3.05, 3.63) is 46.2 Å². The van der Waals surface area contributed by atoms with Crippen LogP contribution in [0.15, 0.2) is 24.3 Å². The van der Waals surface area contributed by atoms with Crippen molar-refractivity contribution in [1.82, 2.24) is 20.1 Å². The number of nitrogens with zero attached hydrogens (tertiary/aromatic N) is 2. The van der Waals surface area contributed by atoms with Gasteiger partial charge in [-0.05, 0) is 43.3 Å². The van der Waals surface area contributed by atoms with Gasteiger partial charge >= 0.3 is 0 Å². The Morgan fingerprint density at radius 2 is 2.32 bits per heavy atom. The fourth-order valence-electron chi connectivity index (χ4n) is 2.22. The first kappa shape index (κ1) is 16.4. The summed E-state index contributed by atoms with van der Waals surface area (Å²) in [5.74, 6) is 0.258. The van der Waals surface area contributed by atoms with Gasteiger partial charge in [-0.1, -0.05) is 19.1 Å². The van der Waals surface area contributed by atoms with Crippen LogP contribution < -0.4 is 5.32 Å². The van der Waals surface area contributed by atoms with E-state index in [1.54, 1.807) is 16.7 Å². The normalized spacial score (nSPS) is 12.1. The van der Waals surface area contributed by atoms with Crippen LogP contribution in [0.1, 0.15) is 37.7 Å². The fraction of sp³-hybridized carbons (Fsp3) is 0.400. The quantitative estimate of drug-likeness (QED) is 0.804. The number of benzene rings is 1. The molecule has 1 aromatic heterocycles. The lowest BCUT2D eigenvalue weighted by atomic mass is 10.1. The van der Waals surface area contributed by atoms with Crippen LogP contribution >= 0.6 is 12.2 Å². The molecule has 5 nitrogen and oxygen atoms in total. The maximum atomic E-state index is 13.2. The molecule has 1 amide bonds. The molecule has 0 saturated heterocycles. The highest BCUT2D eigenvalue weighted by Crippen LogP contribution is 2.13. The highest BCUT2D eigenvalue weighted by molar-refractivity contribution is 7.71. The van der Waals surface area contributed by atoms with Gasteiger partial charge in [-0.3, -0.25) is 14.5 Å².